The molecule has 1 fully saturated rings. The Labute approximate surface area is 125 Å². The molecule has 1 aromatic carbocycles. The standard InChI is InChI=1S/C16H22ClNO2/c1-12-5-6-13(10-15(12)17)7-8-16(20)18-9-3-2-4-14(18)11-19/h5-6,10,14,19H,2-4,7-9,11H2,1H3. The van der Waals surface area contributed by atoms with E-state index in [0.717, 1.165) is 42.0 Å². The highest BCUT2D eigenvalue weighted by Gasteiger charge is 2.25. The maximum atomic E-state index is 12.3. The Morgan fingerprint density at radius 1 is 1.45 bits per heavy atom. The maximum absolute atomic E-state index is 12.3. The van der Waals surface area contributed by atoms with Crippen LogP contribution in [-0.4, -0.2) is 35.1 Å². The van der Waals surface area contributed by atoms with Gasteiger partial charge in [-0.1, -0.05) is 23.7 Å². The van der Waals surface area contributed by atoms with Crippen LogP contribution in [0.2, 0.25) is 5.02 Å². The molecule has 3 nitrogen and oxygen atoms in total. The predicted octanol–water partition coefficient (Wildman–Crippen LogP) is 2.95. The molecule has 4 heteroatoms. The molecule has 1 aliphatic rings. The van der Waals surface area contributed by atoms with Crippen LogP contribution in [0.1, 0.15) is 36.8 Å². The zero-order chi connectivity index (χ0) is 14.5. The fraction of sp³-hybridized carbons (Fsp3) is 0.562. The van der Waals surface area contributed by atoms with Crippen LogP contribution in [0, 0.1) is 6.92 Å². The molecule has 0 radical (unpaired) electrons. The molecule has 0 aliphatic carbocycles. The lowest BCUT2D eigenvalue weighted by Gasteiger charge is -2.34. The Hall–Kier alpha value is -1.06. The van der Waals surface area contributed by atoms with Crippen molar-refractivity contribution in [3.63, 3.8) is 0 Å². The number of hydrogen-bond donors (Lipinski definition) is 1. The molecule has 1 aromatic rings. The minimum absolute atomic E-state index is 0.0119. The second-order valence-corrected chi connectivity index (χ2v) is 5.91. The number of benzene rings is 1. The summed E-state index contributed by atoms with van der Waals surface area (Å²) in [6.07, 6.45) is 4.24. The normalized spacial score (nSPS) is 19.1. The summed E-state index contributed by atoms with van der Waals surface area (Å²) in [5, 5.41) is 10.1. The van der Waals surface area contributed by atoms with Crippen LogP contribution in [0.25, 0.3) is 0 Å². The Kier molecular flexibility index (Phi) is 5.44. The Bertz CT molecular complexity index is 476. The average Bonchev–Trinajstić information content (AvgIpc) is 2.48. The largest absolute Gasteiger partial charge is 0.394 e. The van der Waals surface area contributed by atoms with Crippen molar-refractivity contribution in [2.24, 2.45) is 0 Å². The number of rotatable bonds is 4. The van der Waals surface area contributed by atoms with Crippen molar-refractivity contribution >= 4 is 17.5 Å². The number of likely N-dealkylation sites (tertiary alicyclic amines) is 1. The maximum Gasteiger partial charge on any atom is 0.223 e. The van der Waals surface area contributed by atoms with Crippen LogP contribution >= 0.6 is 11.6 Å². The predicted molar refractivity (Wildman–Crippen MR) is 80.9 cm³/mol. The van der Waals surface area contributed by atoms with Crippen LogP contribution in [0.15, 0.2) is 18.2 Å². The fourth-order valence-corrected chi connectivity index (χ4v) is 2.91. The van der Waals surface area contributed by atoms with Crippen LogP contribution in [0.5, 0.6) is 0 Å². The molecule has 0 bridgehead atoms. The zero-order valence-electron chi connectivity index (χ0n) is 11.9. The van der Waals surface area contributed by atoms with E-state index in [0.29, 0.717) is 12.8 Å². The summed E-state index contributed by atoms with van der Waals surface area (Å²) in [6.45, 7) is 2.82. The Morgan fingerprint density at radius 3 is 2.95 bits per heavy atom. The number of piperidine rings is 1. The Morgan fingerprint density at radius 2 is 2.25 bits per heavy atom. The quantitative estimate of drug-likeness (QED) is 0.928. The van der Waals surface area contributed by atoms with Gasteiger partial charge in [-0.05, 0) is 49.8 Å². The van der Waals surface area contributed by atoms with E-state index in [1.807, 2.05) is 30.0 Å². The van der Waals surface area contributed by atoms with E-state index < -0.39 is 0 Å². The van der Waals surface area contributed by atoms with Crippen LogP contribution in [-0.2, 0) is 11.2 Å². The summed E-state index contributed by atoms with van der Waals surface area (Å²) in [5.74, 6) is 0.139. The van der Waals surface area contributed by atoms with Gasteiger partial charge in [0, 0.05) is 18.0 Å². The average molecular weight is 296 g/mol. The summed E-state index contributed by atoms with van der Waals surface area (Å²) >= 11 is 6.10. The lowest BCUT2D eigenvalue weighted by molar-refractivity contribution is -0.135. The Balaban J connectivity index is 1.92. The minimum Gasteiger partial charge on any atom is -0.394 e. The summed E-state index contributed by atoms with van der Waals surface area (Å²) in [5.41, 5.74) is 2.14. The van der Waals surface area contributed by atoms with Gasteiger partial charge >= 0.3 is 0 Å². The molecule has 20 heavy (non-hydrogen) atoms. The van der Waals surface area contributed by atoms with E-state index in [9.17, 15) is 9.90 Å². The molecule has 0 spiro atoms. The minimum atomic E-state index is 0.0119. The van der Waals surface area contributed by atoms with Gasteiger partial charge in [-0.15, -0.1) is 0 Å². The molecular formula is C16H22ClNO2. The molecule has 1 heterocycles. The third-order valence-corrected chi connectivity index (χ3v) is 4.43. The van der Waals surface area contributed by atoms with Crippen molar-refractivity contribution in [2.75, 3.05) is 13.2 Å². The van der Waals surface area contributed by atoms with Gasteiger partial charge in [0.05, 0.1) is 12.6 Å². The molecule has 110 valence electrons. The zero-order valence-corrected chi connectivity index (χ0v) is 12.7. The van der Waals surface area contributed by atoms with Gasteiger partial charge in [0.15, 0.2) is 0 Å². The first-order valence-corrected chi connectivity index (χ1v) is 7.65. The van der Waals surface area contributed by atoms with Gasteiger partial charge in [-0.2, -0.15) is 0 Å². The second kappa shape index (κ2) is 7.09. The van der Waals surface area contributed by atoms with Crippen molar-refractivity contribution in [1.29, 1.82) is 0 Å². The number of carbonyl (C=O) groups excluding carboxylic acids is 1. The molecule has 1 N–H and O–H groups in total. The van der Waals surface area contributed by atoms with Gasteiger partial charge in [0.25, 0.3) is 0 Å². The highest BCUT2D eigenvalue weighted by molar-refractivity contribution is 6.31. The first-order chi connectivity index (χ1) is 9.61. The summed E-state index contributed by atoms with van der Waals surface area (Å²) in [7, 11) is 0. The molecule has 1 aliphatic heterocycles. The number of nitrogens with zero attached hydrogens (tertiary/aromatic N) is 1. The number of aliphatic hydroxyl groups excluding tert-OH is 1. The van der Waals surface area contributed by atoms with Gasteiger partial charge < -0.3 is 10.0 Å². The molecule has 1 saturated heterocycles. The highest BCUT2D eigenvalue weighted by Crippen LogP contribution is 2.20. The third-order valence-electron chi connectivity index (χ3n) is 4.02. The van der Waals surface area contributed by atoms with Crippen molar-refractivity contribution in [1.82, 2.24) is 4.90 Å². The highest BCUT2D eigenvalue weighted by atomic mass is 35.5. The monoisotopic (exact) mass is 295 g/mol. The van der Waals surface area contributed by atoms with Crippen molar-refractivity contribution in [3.05, 3.63) is 34.3 Å². The van der Waals surface area contributed by atoms with Crippen LogP contribution in [0.3, 0.4) is 0 Å². The van der Waals surface area contributed by atoms with E-state index in [4.69, 9.17) is 11.6 Å². The number of aliphatic hydroxyl groups is 1. The third kappa shape index (κ3) is 3.74. The van der Waals surface area contributed by atoms with Gasteiger partial charge in [0.2, 0.25) is 5.91 Å². The number of amides is 1. The SMILES string of the molecule is Cc1ccc(CCC(=O)N2CCCCC2CO)cc1Cl. The van der Waals surface area contributed by atoms with E-state index in [1.165, 1.54) is 0 Å². The molecule has 1 unspecified atom stereocenters. The molecule has 1 atom stereocenters. The van der Waals surface area contributed by atoms with Crippen LogP contribution in [0.4, 0.5) is 0 Å². The fourth-order valence-electron chi connectivity index (χ4n) is 2.71. The van der Waals surface area contributed by atoms with E-state index in [1.54, 1.807) is 0 Å². The lowest BCUT2D eigenvalue weighted by Crippen LogP contribution is -2.45. The molecule has 0 aromatic heterocycles. The summed E-state index contributed by atoms with van der Waals surface area (Å²) < 4.78 is 0. The number of aryl methyl sites for hydroxylation is 2. The smallest absolute Gasteiger partial charge is 0.223 e. The topological polar surface area (TPSA) is 40.5 Å². The van der Waals surface area contributed by atoms with Crippen LogP contribution < -0.4 is 0 Å². The number of halogens is 1. The van der Waals surface area contributed by atoms with Crippen molar-refractivity contribution in [3.8, 4) is 0 Å². The van der Waals surface area contributed by atoms with Gasteiger partial charge in [-0.3, -0.25) is 4.79 Å². The first kappa shape index (κ1) is 15.3. The summed E-state index contributed by atoms with van der Waals surface area (Å²) in [6, 6.07) is 5.95. The number of hydrogen-bond acceptors (Lipinski definition) is 2. The summed E-state index contributed by atoms with van der Waals surface area (Å²) in [4.78, 5) is 14.1. The van der Waals surface area contributed by atoms with Crippen molar-refractivity contribution in [2.45, 2.75) is 45.1 Å². The second-order valence-electron chi connectivity index (χ2n) is 5.50. The van der Waals surface area contributed by atoms with Crippen molar-refractivity contribution < 1.29 is 9.90 Å². The molecular weight excluding hydrogens is 274 g/mol. The van der Waals surface area contributed by atoms with Gasteiger partial charge in [0.1, 0.15) is 0 Å². The van der Waals surface area contributed by atoms with E-state index in [-0.39, 0.29) is 18.6 Å². The van der Waals surface area contributed by atoms with Gasteiger partial charge in [-0.25, -0.2) is 0 Å². The molecule has 2 rings (SSSR count). The van der Waals surface area contributed by atoms with E-state index in [2.05, 4.69) is 0 Å². The molecule has 0 saturated carbocycles. The lowest BCUT2D eigenvalue weighted by atomic mass is 10.0. The number of carbonyl (C=O) groups is 1. The van der Waals surface area contributed by atoms with E-state index >= 15 is 0 Å². The molecule has 1 amide bonds. The first-order valence-electron chi connectivity index (χ1n) is 7.27.